The van der Waals surface area contributed by atoms with Gasteiger partial charge >= 0.3 is 0 Å². The summed E-state index contributed by atoms with van der Waals surface area (Å²) in [5, 5.41) is 3.56. The van der Waals surface area contributed by atoms with Crippen molar-refractivity contribution in [3.05, 3.63) is 23.8 Å². The van der Waals surface area contributed by atoms with E-state index in [4.69, 9.17) is 15.5 Å². The molecule has 104 valence electrons. The molecule has 0 aromatic heterocycles. The summed E-state index contributed by atoms with van der Waals surface area (Å²) in [5.74, 6) is 0.0205. The zero-order chi connectivity index (χ0) is 14.1. The van der Waals surface area contributed by atoms with Crippen LogP contribution >= 0.6 is 0 Å². The van der Waals surface area contributed by atoms with Crippen molar-refractivity contribution in [2.24, 2.45) is 10.9 Å². The van der Waals surface area contributed by atoms with Crippen LogP contribution in [0.15, 0.2) is 23.4 Å². The van der Waals surface area contributed by atoms with E-state index in [9.17, 15) is 4.79 Å². The summed E-state index contributed by atoms with van der Waals surface area (Å²) in [6.07, 6.45) is 1.38. The first kappa shape index (κ1) is 14.7. The van der Waals surface area contributed by atoms with E-state index >= 15 is 0 Å². The molecule has 0 heterocycles. The average Bonchev–Trinajstić information content (AvgIpc) is 2.38. The number of nitrogens with two attached hydrogens (primary N) is 1. The maximum atomic E-state index is 10.4. The van der Waals surface area contributed by atoms with E-state index in [1.165, 1.54) is 20.4 Å². The van der Waals surface area contributed by atoms with E-state index in [1.54, 1.807) is 18.2 Å². The van der Waals surface area contributed by atoms with E-state index in [-0.39, 0.29) is 6.61 Å². The molecule has 0 fully saturated rings. The van der Waals surface area contributed by atoms with Gasteiger partial charge in [-0.2, -0.15) is 9.78 Å². The standard InChI is InChI=1S/C11H14N2O6/c1-15-18-9-4-3-8(5-10(9)19-16-2)6-13-17-7-11(12)14/h3-6H,7H2,1-2H3,(H2,12,14)/b13-6-. The Labute approximate surface area is 109 Å². The molecule has 0 spiro atoms. The predicted octanol–water partition coefficient (Wildman–Crippen LogP) is 0.403. The lowest BCUT2D eigenvalue weighted by atomic mass is 10.2. The van der Waals surface area contributed by atoms with Gasteiger partial charge in [0, 0.05) is 5.56 Å². The van der Waals surface area contributed by atoms with E-state index < -0.39 is 5.91 Å². The highest BCUT2D eigenvalue weighted by Crippen LogP contribution is 2.28. The number of oxime groups is 1. The number of rotatable bonds is 8. The predicted molar refractivity (Wildman–Crippen MR) is 64.5 cm³/mol. The van der Waals surface area contributed by atoms with Gasteiger partial charge in [-0.1, -0.05) is 5.16 Å². The van der Waals surface area contributed by atoms with Crippen LogP contribution in [-0.4, -0.2) is 32.9 Å². The molecule has 1 aromatic carbocycles. The van der Waals surface area contributed by atoms with Crippen LogP contribution in [0.25, 0.3) is 0 Å². The molecule has 0 aliphatic heterocycles. The number of carbonyl (C=O) groups is 1. The third-order valence-corrected chi connectivity index (χ3v) is 1.80. The minimum atomic E-state index is -0.607. The first-order valence-electron chi connectivity index (χ1n) is 5.16. The molecule has 0 radical (unpaired) electrons. The second kappa shape index (κ2) is 7.90. The fraction of sp³-hybridized carbons (Fsp3) is 0.273. The highest BCUT2D eigenvalue weighted by atomic mass is 17.2. The maximum absolute atomic E-state index is 10.4. The molecule has 1 amide bonds. The molecule has 0 unspecified atom stereocenters. The van der Waals surface area contributed by atoms with E-state index in [0.717, 1.165) is 0 Å². The van der Waals surface area contributed by atoms with Crippen molar-refractivity contribution >= 4 is 12.1 Å². The molecule has 0 saturated heterocycles. The van der Waals surface area contributed by atoms with E-state index in [1.807, 2.05) is 0 Å². The second-order valence-electron chi connectivity index (χ2n) is 3.18. The molecule has 8 nitrogen and oxygen atoms in total. The zero-order valence-electron chi connectivity index (χ0n) is 10.5. The van der Waals surface area contributed by atoms with Crippen molar-refractivity contribution in [1.29, 1.82) is 0 Å². The number of amides is 1. The fourth-order valence-corrected chi connectivity index (χ4v) is 1.12. The monoisotopic (exact) mass is 270 g/mol. The minimum Gasteiger partial charge on any atom is -0.386 e. The third-order valence-electron chi connectivity index (χ3n) is 1.80. The number of hydrogen-bond donors (Lipinski definition) is 1. The average molecular weight is 270 g/mol. The van der Waals surface area contributed by atoms with Gasteiger partial charge in [0.25, 0.3) is 5.91 Å². The molecule has 0 aliphatic carbocycles. The van der Waals surface area contributed by atoms with Crippen LogP contribution in [0.1, 0.15) is 5.56 Å². The first-order valence-corrected chi connectivity index (χ1v) is 5.16. The molecule has 0 bridgehead atoms. The van der Waals surface area contributed by atoms with Crippen LogP contribution in [0.3, 0.4) is 0 Å². The lowest BCUT2D eigenvalue weighted by Crippen LogP contribution is -2.16. The summed E-state index contributed by atoms with van der Waals surface area (Å²) in [6, 6.07) is 4.84. The Hall–Kier alpha value is -2.32. The molecule has 0 saturated carbocycles. The van der Waals surface area contributed by atoms with Gasteiger partial charge in [-0.05, 0) is 18.2 Å². The van der Waals surface area contributed by atoms with Gasteiger partial charge in [-0.3, -0.25) is 4.79 Å². The molecule has 0 aliphatic rings. The van der Waals surface area contributed by atoms with Gasteiger partial charge in [0.05, 0.1) is 20.4 Å². The third kappa shape index (κ3) is 5.23. The summed E-state index contributed by atoms with van der Waals surface area (Å²) < 4.78 is 0. The van der Waals surface area contributed by atoms with Crippen molar-refractivity contribution in [1.82, 2.24) is 0 Å². The van der Waals surface area contributed by atoms with Crippen LogP contribution < -0.4 is 15.5 Å². The molecule has 19 heavy (non-hydrogen) atoms. The van der Waals surface area contributed by atoms with Crippen LogP contribution in [0.2, 0.25) is 0 Å². The van der Waals surface area contributed by atoms with Crippen molar-refractivity contribution in [3.63, 3.8) is 0 Å². The van der Waals surface area contributed by atoms with Crippen LogP contribution in [0.4, 0.5) is 0 Å². The topological polar surface area (TPSA) is 102 Å². The van der Waals surface area contributed by atoms with Gasteiger partial charge in [-0.15, -0.1) is 0 Å². The number of hydrogen-bond acceptors (Lipinski definition) is 7. The Bertz CT molecular complexity index is 449. The number of benzene rings is 1. The number of carbonyl (C=O) groups excluding carboxylic acids is 1. The van der Waals surface area contributed by atoms with E-state index in [0.29, 0.717) is 17.1 Å². The summed E-state index contributed by atoms with van der Waals surface area (Å²) in [5.41, 5.74) is 5.52. The van der Waals surface area contributed by atoms with Crippen LogP contribution in [0, 0.1) is 0 Å². The van der Waals surface area contributed by atoms with Crippen LogP contribution in [0.5, 0.6) is 11.5 Å². The molecule has 0 atom stereocenters. The van der Waals surface area contributed by atoms with Crippen molar-refractivity contribution < 1.29 is 29.2 Å². The highest BCUT2D eigenvalue weighted by Gasteiger charge is 2.08. The van der Waals surface area contributed by atoms with Crippen molar-refractivity contribution in [2.75, 3.05) is 20.8 Å². The lowest BCUT2D eigenvalue weighted by Gasteiger charge is -2.07. The number of nitrogens with zero attached hydrogens (tertiary/aromatic N) is 1. The fourth-order valence-electron chi connectivity index (χ4n) is 1.12. The Balaban J connectivity index is 2.74. The Morgan fingerprint density at radius 3 is 2.58 bits per heavy atom. The maximum Gasteiger partial charge on any atom is 0.258 e. The summed E-state index contributed by atoms with van der Waals surface area (Å²) in [6.45, 7) is -0.289. The lowest BCUT2D eigenvalue weighted by molar-refractivity contribution is -0.201. The molecular weight excluding hydrogens is 256 g/mol. The Kier molecular flexibility index (Phi) is 6.13. The Morgan fingerprint density at radius 2 is 1.95 bits per heavy atom. The normalized spacial score (nSPS) is 10.4. The first-order chi connectivity index (χ1) is 9.17. The Morgan fingerprint density at radius 1 is 1.26 bits per heavy atom. The largest absolute Gasteiger partial charge is 0.386 e. The molecule has 2 N–H and O–H groups in total. The minimum absolute atomic E-state index is 0.289. The van der Waals surface area contributed by atoms with Gasteiger partial charge in [-0.25, -0.2) is 0 Å². The summed E-state index contributed by atoms with van der Waals surface area (Å²) in [4.78, 5) is 33.9. The van der Waals surface area contributed by atoms with Gasteiger partial charge in [0.1, 0.15) is 0 Å². The summed E-state index contributed by atoms with van der Waals surface area (Å²) >= 11 is 0. The molecule has 8 heteroatoms. The molecular formula is C11H14N2O6. The number of primary amides is 1. The van der Waals surface area contributed by atoms with Crippen molar-refractivity contribution in [2.45, 2.75) is 0 Å². The zero-order valence-corrected chi connectivity index (χ0v) is 10.5. The second-order valence-corrected chi connectivity index (χ2v) is 3.18. The van der Waals surface area contributed by atoms with E-state index in [2.05, 4.69) is 19.8 Å². The van der Waals surface area contributed by atoms with Gasteiger partial charge in [0.2, 0.25) is 11.5 Å². The molecule has 1 aromatic rings. The van der Waals surface area contributed by atoms with Crippen LogP contribution in [-0.2, 0) is 19.4 Å². The quantitative estimate of drug-likeness (QED) is 0.417. The van der Waals surface area contributed by atoms with Gasteiger partial charge in [0.15, 0.2) is 6.61 Å². The smallest absolute Gasteiger partial charge is 0.258 e. The van der Waals surface area contributed by atoms with Crippen molar-refractivity contribution in [3.8, 4) is 11.5 Å². The SMILES string of the molecule is COOc1ccc(/C=N\OCC(N)=O)cc1OOC. The summed E-state index contributed by atoms with van der Waals surface area (Å²) in [7, 11) is 2.72. The molecule has 1 rings (SSSR count). The highest BCUT2D eigenvalue weighted by molar-refractivity contribution is 5.80. The van der Waals surface area contributed by atoms with Gasteiger partial charge < -0.3 is 20.3 Å².